The Labute approximate surface area is 194 Å². The van der Waals surface area contributed by atoms with Crippen molar-refractivity contribution >= 4 is 68.9 Å². The quantitative estimate of drug-likeness (QED) is 0.308. The third-order valence-electron chi connectivity index (χ3n) is 4.46. The molecule has 0 aliphatic heterocycles. The first-order valence-electron chi connectivity index (χ1n) is 9.73. The number of rotatable bonds is 6. The van der Waals surface area contributed by atoms with Crippen LogP contribution in [0.5, 0.6) is 0 Å². The van der Waals surface area contributed by atoms with Crippen LogP contribution in [-0.4, -0.2) is 46.8 Å². The summed E-state index contributed by atoms with van der Waals surface area (Å²) in [5.41, 5.74) is 3.31. The molecule has 8 nitrogen and oxygen atoms in total. The molecule has 2 aromatic carbocycles. The number of aromatic nitrogens is 5. The van der Waals surface area contributed by atoms with Gasteiger partial charge in [0.2, 0.25) is 0 Å². The van der Waals surface area contributed by atoms with E-state index in [-0.39, 0.29) is 21.7 Å². The van der Waals surface area contributed by atoms with Gasteiger partial charge in [-0.3, -0.25) is 0 Å². The number of carbonyl (C=O) groups excluding carboxylic acids is 1. The summed E-state index contributed by atoms with van der Waals surface area (Å²) in [6.07, 6.45) is 1.75. The Balaban J connectivity index is 1.31. The molecule has 0 fully saturated rings. The molecule has 1 amide bonds. The van der Waals surface area contributed by atoms with Crippen LogP contribution in [0, 0.1) is 6.92 Å². The number of hydrogen-bond donors (Lipinski definition) is 3. The van der Waals surface area contributed by atoms with E-state index in [1.165, 1.54) is 11.3 Å². The summed E-state index contributed by atoms with van der Waals surface area (Å²) < 4.78 is 2.95. The van der Waals surface area contributed by atoms with Crippen LogP contribution in [-0.2, 0) is 0 Å². The van der Waals surface area contributed by atoms with Gasteiger partial charge in [0, 0.05) is 0 Å². The van der Waals surface area contributed by atoms with Gasteiger partial charge in [0.05, 0.1) is 0 Å². The summed E-state index contributed by atoms with van der Waals surface area (Å²) in [5.74, 6) is 0.356. The predicted molar refractivity (Wildman–Crippen MR) is 128 cm³/mol. The van der Waals surface area contributed by atoms with Gasteiger partial charge in [0.1, 0.15) is 0 Å². The molecular weight excluding hydrogens is 485 g/mol. The first kappa shape index (κ1) is 20.4. The van der Waals surface area contributed by atoms with Crippen molar-refractivity contribution in [3.05, 3.63) is 78.1 Å². The van der Waals surface area contributed by atoms with E-state index in [1.807, 2.05) is 55.5 Å². The zero-order valence-corrected chi connectivity index (χ0v) is 19.6. The number of amides is 1. The fourth-order valence-electron chi connectivity index (χ4n) is 2.99. The van der Waals surface area contributed by atoms with Gasteiger partial charge in [-0.1, -0.05) is 18.2 Å². The Kier molecular flexibility index (Phi) is 5.66. The number of carbonyl (C=O) groups is 1. The van der Waals surface area contributed by atoms with Gasteiger partial charge in [0.15, 0.2) is 0 Å². The van der Waals surface area contributed by atoms with Crippen LogP contribution in [0.1, 0.15) is 16.1 Å². The average molecular weight is 502 g/mol. The summed E-state index contributed by atoms with van der Waals surface area (Å²) in [6.45, 7) is 1.98. The minimum atomic E-state index is -0.316. The molecule has 1 radical (unpaired) electrons. The Morgan fingerprint density at radius 3 is 2.72 bits per heavy atom. The van der Waals surface area contributed by atoms with Crippen molar-refractivity contribution in [1.82, 2.24) is 25.1 Å². The van der Waals surface area contributed by atoms with Gasteiger partial charge in [-0.25, -0.2) is 0 Å². The molecule has 0 aliphatic rings. The first-order valence-corrected chi connectivity index (χ1v) is 12.4. The van der Waals surface area contributed by atoms with Gasteiger partial charge >= 0.3 is 164 Å². The van der Waals surface area contributed by atoms with Crippen molar-refractivity contribution in [1.29, 1.82) is 0 Å². The molecule has 3 heterocycles. The maximum absolute atomic E-state index is 12.4. The summed E-state index contributed by atoms with van der Waals surface area (Å²) >= 11 is 1.11. The van der Waals surface area contributed by atoms with Crippen molar-refractivity contribution in [3.8, 4) is 0 Å². The summed E-state index contributed by atoms with van der Waals surface area (Å²) in [5, 5.41) is 14.0. The Hall–Kier alpha value is -3.55. The summed E-state index contributed by atoms with van der Waals surface area (Å²) in [6, 6.07) is 18.9. The van der Waals surface area contributed by atoms with E-state index in [0.717, 1.165) is 30.6 Å². The minimum absolute atomic E-state index is 0.178. The van der Waals surface area contributed by atoms with Crippen LogP contribution in [0.2, 0.25) is 0 Å². The van der Waals surface area contributed by atoms with E-state index in [1.54, 1.807) is 18.3 Å². The van der Waals surface area contributed by atoms with Crippen LogP contribution in [0.15, 0.2) is 66.9 Å². The second-order valence-corrected chi connectivity index (χ2v) is 10.3. The van der Waals surface area contributed by atoms with Crippen molar-refractivity contribution in [2.45, 2.75) is 6.92 Å². The SMILES string of the molecule is Cc1cc([As]c2ccnc(Nc3ccc4nc(NC(=O)c5ccccc5)sc4c3)n2)n[nH]1. The molecule has 157 valence electrons. The molecule has 0 aliphatic carbocycles. The number of nitrogens with zero attached hydrogens (tertiary/aromatic N) is 4. The number of hydrogen-bond acceptors (Lipinski definition) is 7. The molecule has 0 atom stereocenters. The molecule has 3 aromatic heterocycles. The number of benzene rings is 2. The molecule has 32 heavy (non-hydrogen) atoms. The van der Waals surface area contributed by atoms with E-state index in [2.05, 4.69) is 35.8 Å². The zero-order valence-electron chi connectivity index (χ0n) is 16.9. The van der Waals surface area contributed by atoms with Crippen molar-refractivity contribution in [2.75, 3.05) is 10.6 Å². The van der Waals surface area contributed by atoms with E-state index < -0.39 is 0 Å². The fourth-order valence-corrected chi connectivity index (χ4v) is 5.74. The second-order valence-electron chi connectivity index (χ2n) is 6.91. The van der Waals surface area contributed by atoms with Gasteiger partial charge in [-0.05, 0) is 12.1 Å². The Morgan fingerprint density at radius 1 is 1.03 bits per heavy atom. The molecular formula is C22H17AsN7OS. The van der Waals surface area contributed by atoms with Crippen LogP contribution < -0.4 is 19.6 Å². The Morgan fingerprint density at radius 2 is 1.91 bits per heavy atom. The van der Waals surface area contributed by atoms with Crippen LogP contribution in [0.4, 0.5) is 16.8 Å². The van der Waals surface area contributed by atoms with Crippen LogP contribution in [0.25, 0.3) is 10.2 Å². The normalized spacial score (nSPS) is 11.3. The monoisotopic (exact) mass is 502 g/mol. The molecule has 0 unspecified atom stereocenters. The standard InChI is InChI=1S/C22H17AsN7OS/c1-13-11-19(30-29-13)23-18-9-10-24-21(27-18)25-15-7-8-16-17(12-15)32-22(26-16)28-20(31)14-5-3-2-4-6-14/h2-12H,1H3,(H,29,30)(H,24,25,27)(H,26,28,31). The van der Waals surface area contributed by atoms with Crippen molar-refractivity contribution < 1.29 is 4.79 Å². The average Bonchev–Trinajstić information content (AvgIpc) is 3.39. The number of anilines is 3. The van der Waals surface area contributed by atoms with E-state index in [4.69, 9.17) is 0 Å². The van der Waals surface area contributed by atoms with Gasteiger partial charge in [0.25, 0.3) is 0 Å². The third kappa shape index (κ3) is 4.69. The number of fused-ring (bicyclic) bond motifs is 1. The number of aromatic amines is 1. The predicted octanol–water partition coefficient (Wildman–Crippen LogP) is 2.77. The molecule has 3 N–H and O–H groups in total. The molecule has 10 heteroatoms. The zero-order chi connectivity index (χ0) is 21.9. The van der Waals surface area contributed by atoms with E-state index in [9.17, 15) is 4.79 Å². The number of H-pyrrole nitrogens is 1. The molecule has 0 saturated carbocycles. The second kappa shape index (κ2) is 8.90. The number of thiazole rings is 1. The molecule has 0 saturated heterocycles. The van der Waals surface area contributed by atoms with Gasteiger partial charge in [-0.15, -0.1) is 0 Å². The van der Waals surface area contributed by atoms with E-state index in [0.29, 0.717) is 16.6 Å². The van der Waals surface area contributed by atoms with Crippen LogP contribution >= 0.6 is 11.3 Å². The number of aryl methyl sites for hydroxylation is 1. The molecule has 0 spiro atoms. The van der Waals surface area contributed by atoms with Crippen molar-refractivity contribution in [2.24, 2.45) is 0 Å². The maximum atomic E-state index is 12.4. The molecule has 0 bridgehead atoms. The van der Waals surface area contributed by atoms with Crippen LogP contribution in [0.3, 0.4) is 0 Å². The molecule has 5 rings (SSSR count). The summed E-state index contributed by atoms with van der Waals surface area (Å²) in [7, 11) is 0. The van der Waals surface area contributed by atoms with E-state index >= 15 is 0 Å². The Bertz CT molecular complexity index is 1400. The van der Waals surface area contributed by atoms with Gasteiger partial charge in [-0.2, -0.15) is 0 Å². The fraction of sp³-hybridized carbons (Fsp3) is 0.0455. The van der Waals surface area contributed by atoms with Gasteiger partial charge < -0.3 is 0 Å². The first-order chi connectivity index (χ1) is 15.6. The van der Waals surface area contributed by atoms with Crippen molar-refractivity contribution in [3.63, 3.8) is 0 Å². The topological polar surface area (TPSA) is 108 Å². The third-order valence-corrected chi connectivity index (χ3v) is 7.36. The number of nitrogens with one attached hydrogen (secondary N) is 3. The summed E-state index contributed by atoms with van der Waals surface area (Å²) in [4.78, 5) is 25.9. The molecule has 5 aromatic rings.